The van der Waals surface area contributed by atoms with E-state index in [0.717, 1.165) is 15.7 Å². The monoisotopic (exact) mass is 289 g/mol. The minimum atomic E-state index is 0.539. The molecule has 5 heteroatoms. The Kier molecular flexibility index (Phi) is 2.53. The van der Waals surface area contributed by atoms with Crippen molar-refractivity contribution in [1.82, 2.24) is 14.6 Å². The smallest absolute Gasteiger partial charge is 0.245 e. The molecule has 0 saturated carbocycles. The number of rotatable bonds is 2. The van der Waals surface area contributed by atoms with E-state index in [0.29, 0.717) is 5.88 Å². The SMILES string of the molecule is Brc1ccccc1Oc1nccn2nccc12. The average molecular weight is 290 g/mol. The highest BCUT2D eigenvalue weighted by molar-refractivity contribution is 9.10. The highest BCUT2D eigenvalue weighted by Crippen LogP contribution is 2.29. The van der Waals surface area contributed by atoms with Crippen LogP contribution in [0.2, 0.25) is 0 Å². The van der Waals surface area contributed by atoms with Crippen LogP contribution < -0.4 is 4.74 Å². The quantitative estimate of drug-likeness (QED) is 0.727. The van der Waals surface area contributed by atoms with Gasteiger partial charge in [-0.3, -0.25) is 0 Å². The van der Waals surface area contributed by atoms with Gasteiger partial charge < -0.3 is 4.74 Å². The zero-order valence-corrected chi connectivity index (χ0v) is 10.3. The Labute approximate surface area is 106 Å². The topological polar surface area (TPSA) is 39.4 Å². The number of fused-ring (bicyclic) bond motifs is 1. The Morgan fingerprint density at radius 1 is 1.12 bits per heavy atom. The maximum atomic E-state index is 5.76. The summed E-state index contributed by atoms with van der Waals surface area (Å²) < 4.78 is 8.38. The van der Waals surface area contributed by atoms with Gasteiger partial charge in [0.05, 0.1) is 10.7 Å². The van der Waals surface area contributed by atoms with Crippen LogP contribution >= 0.6 is 15.9 Å². The Morgan fingerprint density at radius 2 is 2.00 bits per heavy atom. The molecule has 0 fully saturated rings. The fourth-order valence-electron chi connectivity index (χ4n) is 1.54. The largest absolute Gasteiger partial charge is 0.436 e. The first kappa shape index (κ1) is 10.3. The molecule has 0 N–H and O–H groups in total. The summed E-state index contributed by atoms with van der Waals surface area (Å²) in [6, 6.07) is 9.51. The standard InChI is InChI=1S/C12H8BrN3O/c13-9-3-1-2-4-11(9)17-12-10-5-6-15-16(10)8-7-14-12/h1-8H. The van der Waals surface area contributed by atoms with E-state index in [4.69, 9.17) is 4.74 Å². The second-order valence-electron chi connectivity index (χ2n) is 3.43. The molecule has 2 heterocycles. The van der Waals surface area contributed by atoms with Crippen LogP contribution in [0.25, 0.3) is 5.52 Å². The second-order valence-corrected chi connectivity index (χ2v) is 4.28. The van der Waals surface area contributed by atoms with Crippen molar-refractivity contribution in [3.05, 3.63) is 53.4 Å². The maximum Gasteiger partial charge on any atom is 0.245 e. The van der Waals surface area contributed by atoms with Crippen LogP contribution in [0.3, 0.4) is 0 Å². The molecular weight excluding hydrogens is 282 g/mol. The van der Waals surface area contributed by atoms with Crippen LogP contribution in [0.4, 0.5) is 0 Å². The molecule has 4 nitrogen and oxygen atoms in total. The van der Waals surface area contributed by atoms with Crippen LogP contribution in [-0.2, 0) is 0 Å². The first-order valence-corrected chi connectivity index (χ1v) is 5.84. The third-order valence-corrected chi connectivity index (χ3v) is 2.99. The second kappa shape index (κ2) is 4.18. The summed E-state index contributed by atoms with van der Waals surface area (Å²) in [7, 11) is 0. The van der Waals surface area contributed by atoms with Gasteiger partial charge in [0.1, 0.15) is 11.3 Å². The summed E-state index contributed by atoms with van der Waals surface area (Å²) >= 11 is 3.43. The van der Waals surface area contributed by atoms with Gasteiger partial charge in [-0.1, -0.05) is 12.1 Å². The third-order valence-electron chi connectivity index (χ3n) is 2.33. The Bertz CT molecular complexity index is 665. The average Bonchev–Trinajstić information content (AvgIpc) is 2.81. The predicted octanol–water partition coefficient (Wildman–Crippen LogP) is 3.28. The Hall–Kier alpha value is -1.88. The van der Waals surface area contributed by atoms with Crippen molar-refractivity contribution >= 4 is 21.4 Å². The van der Waals surface area contributed by atoms with Crippen LogP contribution in [0.5, 0.6) is 11.6 Å². The van der Waals surface area contributed by atoms with Crippen LogP contribution in [0, 0.1) is 0 Å². The molecule has 17 heavy (non-hydrogen) atoms. The van der Waals surface area contributed by atoms with E-state index >= 15 is 0 Å². The lowest BCUT2D eigenvalue weighted by atomic mass is 10.3. The Morgan fingerprint density at radius 3 is 2.88 bits per heavy atom. The molecule has 0 unspecified atom stereocenters. The number of hydrogen-bond donors (Lipinski definition) is 0. The van der Waals surface area contributed by atoms with E-state index in [1.54, 1.807) is 23.1 Å². The zero-order chi connectivity index (χ0) is 11.7. The van der Waals surface area contributed by atoms with Crippen molar-refractivity contribution in [3.63, 3.8) is 0 Å². The van der Waals surface area contributed by atoms with E-state index < -0.39 is 0 Å². The number of hydrogen-bond acceptors (Lipinski definition) is 3. The van der Waals surface area contributed by atoms with E-state index in [9.17, 15) is 0 Å². The van der Waals surface area contributed by atoms with Gasteiger partial charge >= 0.3 is 0 Å². The molecule has 0 amide bonds. The van der Waals surface area contributed by atoms with Crippen molar-refractivity contribution in [2.75, 3.05) is 0 Å². The lowest BCUT2D eigenvalue weighted by Gasteiger charge is -2.07. The van der Waals surface area contributed by atoms with Crippen molar-refractivity contribution in [1.29, 1.82) is 0 Å². The minimum Gasteiger partial charge on any atom is -0.436 e. The number of para-hydroxylation sites is 1. The fourth-order valence-corrected chi connectivity index (χ4v) is 1.91. The van der Waals surface area contributed by atoms with Crippen molar-refractivity contribution < 1.29 is 4.74 Å². The predicted molar refractivity (Wildman–Crippen MR) is 67.2 cm³/mol. The van der Waals surface area contributed by atoms with Crippen LogP contribution in [0.15, 0.2) is 53.4 Å². The summed E-state index contributed by atoms with van der Waals surface area (Å²) in [4.78, 5) is 4.21. The molecule has 0 aliphatic carbocycles. The summed E-state index contributed by atoms with van der Waals surface area (Å²) in [5, 5.41) is 4.13. The molecule has 0 radical (unpaired) electrons. The van der Waals surface area contributed by atoms with Crippen molar-refractivity contribution in [3.8, 4) is 11.6 Å². The first-order valence-electron chi connectivity index (χ1n) is 5.05. The molecule has 84 valence electrons. The molecule has 3 aromatic rings. The maximum absolute atomic E-state index is 5.76. The fraction of sp³-hybridized carbons (Fsp3) is 0. The summed E-state index contributed by atoms with van der Waals surface area (Å²) in [5.74, 6) is 1.27. The molecule has 3 rings (SSSR count). The van der Waals surface area contributed by atoms with E-state index in [1.807, 2.05) is 30.3 Å². The van der Waals surface area contributed by atoms with E-state index in [-0.39, 0.29) is 0 Å². The van der Waals surface area contributed by atoms with Gasteiger partial charge in [-0.25, -0.2) is 9.50 Å². The highest BCUT2D eigenvalue weighted by atomic mass is 79.9. The number of nitrogens with zero attached hydrogens (tertiary/aromatic N) is 3. The molecule has 0 aliphatic heterocycles. The van der Waals surface area contributed by atoms with Gasteiger partial charge in [0.15, 0.2) is 0 Å². The number of halogens is 1. The van der Waals surface area contributed by atoms with Crippen molar-refractivity contribution in [2.45, 2.75) is 0 Å². The van der Waals surface area contributed by atoms with Gasteiger partial charge in [0.2, 0.25) is 5.88 Å². The minimum absolute atomic E-state index is 0.539. The molecule has 0 atom stereocenters. The number of benzene rings is 1. The van der Waals surface area contributed by atoms with Crippen LogP contribution in [0.1, 0.15) is 0 Å². The molecule has 0 spiro atoms. The summed E-state index contributed by atoms with van der Waals surface area (Å²) in [6.45, 7) is 0. The van der Waals surface area contributed by atoms with Gasteiger partial charge in [0.25, 0.3) is 0 Å². The highest BCUT2D eigenvalue weighted by Gasteiger charge is 2.07. The van der Waals surface area contributed by atoms with Gasteiger partial charge in [0, 0.05) is 12.4 Å². The molecular formula is C12H8BrN3O. The van der Waals surface area contributed by atoms with Gasteiger partial charge in [-0.2, -0.15) is 5.10 Å². The Balaban J connectivity index is 2.06. The van der Waals surface area contributed by atoms with E-state index in [1.165, 1.54) is 0 Å². The number of aromatic nitrogens is 3. The van der Waals surface area contributed by atoms with Crippen LogP contribution in [-0.4, -0.2) is 14.6 Å². The summed E-state index contributed by atoms with van der Waals surface area (Å²) in [5.41, 5.74) is 0.836. The van der Waals surface area contributed by atoms with E-state index in [2.05, 4.69) is 26.0 Å². The van der Waals surface area contributed by atoms with Gasteiger partial charge in [-0.15, -0.1) is 0 Å². The van der Waals surface area contributed by atoms with Gasteiger partial charge in [-0.05, 0) is 34.1 Å². The molecule has 0 aliphatic rings. The molecule has 1 aromatic carbocycles. The molecule has 0 bridgehead atoms. The third kappa shape index (κ3) is 1.89. The number of ether oxygens (including phenoxy) is 1. The summed E-state index contributed by atoms with van der Waals surface area (Å²) in [6.07, 6.45) is 5.15. The normalized spacial score (nSPS) is 10.6. The molecule has 2 aromatic heterocycles. The first-order chi connectivity index (χ1) is 8.34. The van der Waals surface area contributed by atoms with Crippen molar-refractivity contribution in [2.24, 2.45) is 0 Å². The lowest BCUT2D eigenvalue weighted by Crippen LogP contribution is -1.93. The lowest BCUT2D eigenvalue weighted by molar-refractivity contribution is 0.462. The zero-order valence-electron chi connectivity index (χ0n) is 8.75. The molecule has 0 saturated heterocycles.